The Morgan fingerprint density at radius 2 is 2.29 bits per heavy atom. The fourth-order valence-electron chi connectivity index (χ4n) is 1.59. The molecule has 0 aliphatic rings. The normalized spacial score (nSPS) is 12.6. The first-order valence-electron chi connectivity index (χ1n) is 5.59. The Morgan fingerprint density at radius 3 is 3.00 bits per heavy atom. The summed E-state index contributed by atoms with van der Waals surface area (Å²) in [6.45, 7) is 2.01. The van der Waals surface area contributed by atoms with Gasteiger partial charge in [0.2, 0.25) is 0 Å². The largest absolute Gasteiger partial charge is 0.508 e. The Morgan fingerprint density at radius 1 is 1.47 bits per heavy atom. The molecule has 0 fully saturated rings. The highest BCUT2D eigenvalue weighted by Gasteiger charge is 2.10. The van der Waals surface area contributed by atoms with Crippen molar-refractivity contribution in [2.24, 2.45) is 0 Å². The molecule has 0 bridgehead atoms. The van der Waals surface area contributed by atoms with E-state index in [0.29, 0.717) is 12.3 Å². The SMILES string of the molecule is CNC(C)c1cnc(Cc2cccc(O)c2)o1. The molecule has 1 aromatic heterocycles. The van der Waals surface area contributed by atoms with Gasteiger partial charge in [-0.3, -0.25) is 0 Å². The van der Waals surface area contributed by atoms with Crippen LogP contribution in [0.3, 0.4) is 0 Å². The van der Waals surface area contributed by atoms with Gasteiger partial charge in [-0.2, -0.15) is 0 Å². The van der Waals surface area contributed by atoms with Crippen molar-refractivity contribution in [3.63, 3.8) is 0 Å². The van der Waals surface area contributed by atoms with E-state index in [0.717, 1.165) is 11.3 Å². The van der Waals surface area contributed by atoms with Crippen molar-refractivity contribution in [1.29, 1.82) is 0 Å². The number of phenols is 1. The van der Waals surface area contributed by atoms with Crippen molar-refractivity contribution < 1.29 is 9.52 Å². The Bertz CT molecular complexity index is 494. The number of nitrogens with zero attached hydrogens (tertiary/aromatic N) is 1. The summed E-state index contributed by atoms with van der Waals surface area (Å²) < 4.78 is 5.62. The van der Waals surface area contributed by atoms with Crippen LogP contribution in [-0.4, -0.2) is 17.1 Å². The lowest BCUT2D eigenvalue weighted by Gasteiger charge is -2.04. The fourth-order valence-corrected chi connectivity index (χ4v) is 1.59. The number of benzene rings is 1. The molecule has 90 valence electrons. The van der Waals surface area contributed by atoms with Crippen LogP contribution in [0, 0.1) is 0 Å². The summed E-state index contributed by atoms with van der Waals surface area (Å²) in [7, 11) is 1.88. The molecule has 0 amide bonds. The van der Waals surface area contributed by atoms with Gasteiger partial charge in [-0.1, -0.05) is 12.1 Å². The van der Waals surface area contributed by atoms with E-state index in [4.69, 9.17) is 4.42 Å². The maximum Gasteiger partial charge on any atom is 0.198 e. The van der Waals surface area contributed by atoms with Gasteiger partial charge in [0.1, 0.15) is 11.5 Å². The third-order valence-corrected chi connectivity index (χ3v) is 2.70. The van der Waals surface area contributed by atoms with E-state index in [9.17, 15) is 5.11 Å². The van der Waals surface area contributed by atoms with Crippen LogP contribution in [-0.2, 0) is 6.42 Å². The molecule has 1 aromatic carbocycles. The summed E-state index contributed by atoms with van der Waals surface area (Å²) in [5, 5.41) is 12.5. The summed E-state index contributed by atoms with van der Waals surface area (Å²) in [6.07, 6.45) is 2.32. The van der Waals surface area contributed by atoms with Gasteiger partial charge in [0.05, 0.1) is 12.2 Å². The van der Waals surface area contributed by atoms with Gasteiger partial charge in [-0.15, -0.1) is 0 Å². The smallest absolute Gasteiger partial charge is 0.198 e. The van der Waals surface area contributed by atoms with Crippen LogP contribution >= 0.6 is 0 Å². The minimum atomic E-state index is 0.153. The van der Waals surface area contributed by atoms with Crippen molar-refractivity contribution in [3.8, 4) is 5.75 Å². The standard InChI is InChI=1S/C13H16N2O2/c1-9(14-2)12-8-15-13(17-12)7-10-4-3-5-11(16)6-10/h3-6,8-9,14,16H,7H2,1-2H3. The lowest BCUT2D eigenvalue weighted by atomic mass is 10.1. The van der Waals surface area contributed by atoms with E-state index in [1.807, 2.05) is 26.1 Å². The first-order valence-corrected chi connectivity index (χ1v) is 5.59. The summed E-state index contributed by atoms with van der Waals surface area (Å²) >= 11 is 0. The van der Waals surface area contributed by atoms with Crippen LogP contribution in [0.1, 0.15) is 30.2 Å². The average molecular weight is 232 g/mol. The topological polar surface area (TPSA) is 58.3 Å². The third kappa shape index (κ3) is 2.85. The van der Waals surface area contributed by atoms with Crippen LogP contribution in [0.5, 0.6) is 5.75 Å². The predicted octanol–water partition coefficient (Wildman–Crippen LogP) is 2.25. The Hall–Kier alpha value is -1.81. The van der Waals surface area contributed by atoms with Gasteiger partial charge in [-0.05, 0) is 31.7 Å². The summed E-state index contributed by atoms with van der Waals surface area (Å²) in [5.74, 6) is 1.74. The maximum absolute atomic E-state index is 9.36. The first-order chi connectivity index (χ1) is 8.19. The van der Waals surface area contributed by atoms with Gasteiger partial charge in [-0.25, -0.2) is 4.98 Å². The highest BCUT2D eigenvalue weighted by molar-refractivity contribution is 5.28. The number of nitrogens with one attached hydrogen (secondary N) is 1. The number of aromatic hydroxyl groups is 1. The Kier molecular flexibility index (Phi) is 3.44. The molecule has 0 saturated carbocycles. The molecule has 1 atom stereocenters. The molecule has 1 unspecified atom stereocenters. The summed E-state index contributed by atoms with van der Waals surface area (Å²) in [4.78, 5) is 4.22. The number of phenolic OH excluding ortho intramolecular Hbond substituents is 1. The highest BCUT2D eigenvalue weighted by atomic mass is 16.4. The van der Waals surface area contributed by atoms with E-state index in [-0.39, 0.29) is 11.8 Å². The quantitative estimate of drug-likeness (QED) is 0.848. The molecule has 0 aliphatic heterocycles. The molecule has 0 saturated heterocycles. The molecule has 0 radical (unpaired) electrons. The van der Waals surface area contributed by atoms with Crippen molar-refractivity contribution in [2.75, 3.05) is 7.05 Å². The number of hydrogen-bond donors (Lipinski definition) is 2. The molecule has 1 heterocycles. The second-order valence-electron chi connectivity index (χ2n) is 4.01. The molecule has 4 nitrogen and oxygen atoms in total. The molecule has 0 spiro atoms. The van der Waals surface area contributed by atoms with E-state index in [1.165, 1.54) is 0 Å². The number of rotatable bonds is 4. The monoisotopic (exact) mass is 232 g/mol. The van der Waals surface area contributed by atoms with Crippen LogP contribution in [0.4, 0.5) is 0 Å². The lowest BCUT2D eigenvalue weighted by Crippen LogP contribution is -2.11. The van der Waals surface area contributed by atoms with Crippen LogP contribution < -0.4 is 5.32 Å². The molecule has 17 heavy (non-hydrogen) atoms. The number of oxazole rings is 1. The zero-order valence-electron chi connectivity index (χ0n) is 9.97. The van der Waals surface area contributed by atoms with Gasteiger partial charge < -0.3 is 14.8 Å². The summed E-state index contributed by atoms with van der Waals surface area (Å²) in [5.41, 5.74) is 0.982. The van der Waals surface area contributed by atoms with Crippen molar-refractivity contribution in [1.82, 2.24) is 10.3 Å². The minimum absolute atomic E-state index is 0.153. The molecule has 0 aliphatic carbocycles. The average Bonchev–Trinajstić information content (AvgIpc) is 2.76. The van der Waals surface area contributed by atoms with Gasteiger partial charge in [0.25, 0.3) is 0 Å². The third-order valence-electron chi connectivity index (χ3n) is 2.70. The first kappa shape index (κ1) is 11.7. The molecular weight excluding hydrogens is 216 g/mol. The van der Waals surface area contributed by atoms with Crippen molar-refractivity contribution in [3.05, 3.63) is 47.7 Å². The lowest BCUT2D eigenvalue weighted by molar-refractivity contribution is 0.419. The van der Waals surface area contributed by atoms with Crippen LogP contribution in [0.2, 0.25) is 0 Å². The van der Waals surface area contributed by atoms with Gasteiger partial charge >= 0.3 is 0 Å². The number of aromatic nitrogens is 1. The second-order valence-corrected chi connectivity index (χ2v) is 4.01. The molecule has 2 aromatic rings. The van der Waals surface area contributed by atoms with Crippen molar-refractivity contribution in [2.45, 2.75) is 19.4 Å². The molecule has 4 heteroatoms. The van der Waals surface area contributed by atoms with E-state index in [1.54, 1.807) is 18.3 Å². The van der Waals surface area contributed by atoms with Crippen LogP contribution in [0.25, 0.3) is 0 Å². The summed E-state index contributed by atoms with van der Waals surface area (Å²) in [6, 6.07) is 7.26. The minimum Gasteiger partial charge on any atom is -0.508 e. The second kappa shape index (κ2) is 5.01. The highest BCUT2D eigenvalue weighted by Crippen LogP contribution is 2.17. The van der Waals surface area contributed by atoms with E-state index < -0.39 is 0 Å². The Balaban J connectivity index is 2.11. The zero-order valence-corrected chi connectivity index (χ0v) is 9.97. The zero-order chi connectivity index (χ0) is 12.3. The molecular formula is C13H16N2O2. The fraction of sp³-hybridized carbons (Fsp3) is 0.308. The predicted molar refractivity (Wildman–Crippen MR) is 64.9 cm³/mol. The van der Waals surface area contributed by atoms with E-state index in [2.05, 4.69) is 10.3 Å². The Labute approximate surface area is 100 Å². The van der Waals surface area contributed by atoms with Crippen molar-refractivity contribution >= 4 is 0 Å². The van der Waals surface area contributed by atoms with Crippen LogP contribution in [0.15, 0.2) is 34.9 Å². The molecule has 2 N–H and O–H groups in total. The van der Waals surface area contributed by atoms with Gasteiger partial charge in [0, 0.05) is 6.42 Å². The van der Waals surface area contributed by atoms with E-state index >= 15 is 0 Å². The van der Waals surface area contributed by atoms with Gasteiger partial charge in [0.15, 0.2) is 5.89 Å². The number of hydrogen-bond acceptors (Lipinski definition) is 4. The molecule has 2 rings (SSSR count). The maximum atomic E-state index is 9.36.